The summed E-state index contributed by atoms with van der Waals surface area (Å²) in [5.74, 6) is -0.295. The smallest absolute Gasteiger partial charge is 0.255 e. The molecule has 4 nitrogen and oxygen atoms in total. The van der Waals surface area contributed by atoms with E-state index in [9.17, 15) is 14.0 Å². The fourth-order valence-corrected chi connectivity index (χ4v) is 4.22. The first kappa shape index (κ1) is 16.8. The third-order valence-corrected chi connectivity index (χ3v) is 5.65. The van der Waals surface area contributed by atoms with E-state index in [0.29, 0.717) is 23.6 Å². The largest absolute Gasteiger partial charge is 0.368 e. The molecule has 2 aromatic rings. The first-order valence-electron chi connectivity index (χ1n) is 8.85. The molecule has 1 aliphatic heterocycles. The lowest BCUT2D eigenvalue weighted by Gasteiger charge is -2.26. The zero-order valence-electron chi connectivity index (χ0n) is 14.8. The number of nitrogens with two attached hydrogens (primary N) is 1. The summed E-state index contributed by atoms with van der Waals surface area (Å²) in [7, 11) is 0. The van der Waals surface area contributed by atoms with Gasteiger partial charge in [0.15, 0.2) is 0 Å². The maximum atomic E-state index is 13.7. The molecule has 134 valence electrons. The molecule has 2 aromatic carbocycles. The molecule has 0 bridgehead atoms. The number of hydrogen-bond acceptors (Lipinski definition) is 2. The zero-order valence-corrected chi connectivity index (χ0v) is 14.8. The summed E-state index contributed by atoms with van der Waals surface area (Å²) >= 11 is 0. The third-order valence-electron chi connectivity index (χ3n) is 5.65. The van der Waals surface area contributed by atoms with E-state index in [4.69, 9.17) is 5.73 Å². The van der Waals surface area contributed by atoms with Crippen molar-refractivity contribution in [2.24, 2.45) is 17.6 Å². The number of benzene rings is 2. The van der Waals surface area contributed by atoms with Crippen LogP contribution in [0.15, 0.2) is 36.4 Å². The molecule has 3 atom stereocenters. The average molecular weight is 352 g/mol. The number of aryl methyl sites for hydroxylation is 2. The van der Waals surface area contributed by atoms with Gasteiger partial charge in [-0.1, -0.05) is 18.2 Å². The molecule has 1 saturated carbocycles. The Balaban J connectivity index is 1.77. The molecule has 0 unspecified atom stereocenters. The standard InChI is InChI=1S/C21H21FN2O2/c1-11-4-3-5-15(18(11)13-6-7-17(22)12(2)8-13)21(26)24-10-14-9-16(14)19(24)20(23)25/h3-8,14,16,19H,9-10H2,1-2H3,(H2,23,25)/t14-,16-,19+/m1/s1. The van der Waals surface area contributed by atoms with Crippen LogP contribution in [0, 0.1) is 31.5 Å². The Labute approximate surface area is 151 Å². The van der Waals surface area contributed by atoms with Crippen molar-refractivity contribution in [3.05, 3.63) is 58.9 Å². The van der Waals surface area contributed by atoms with Crippen LogP contribution in [-0.4, -0.2) is 29.3 Å². The van der Waals surface area contributed by atoms with Crippen LogP contribution >= 0.6 is 0 Å². The maximum Gasteiger partial charge on any atom is 0.255 e. The van der Waals surface area contributed by atoms with Crippen LogP contribution in [-0.2, 0) is 4.79 Å². The topological polar surface area (TPSA) is 63.4 Å². The predicted octanol–water partition coefficient (Wildman–Crippen LogP) is 3.06. The van der Waals surface area contributed by atoms with Gasteiger partial charge in [0, 0.05) is 12.1 Å². The number of rotatable bonds is 3. The molecule has 1 saturated heterocycles. The van der Waals surface area contributed by atoms with Gasteiger partial charge in [-0.3, -0.25) is 9.59 Å². The molecule has 2 aliphatic rings. The van der Waals surface area contributed by atoms with Crippen molar-refractivity contribution >= 4 is 11.8 Å². The minimum Gasteiger partial charge on any atom is -0.368 e. The second-order valence-electron chi connectivity index (χ2n) is 7.43. The summed E-state index contributed by atoms with van der Waals surface area (Å²) in [4.78, 5) is 26.8. The lowest BCUT2D eigenvalue weighted by Crippen LogP contribution is -2.46. The normalized spacial score (nSPS) is 23.7. The number of piperidine rings is 1. The van der Waals surface area contributed by atoms with Crippen molar-refractivity contribution in [1.82, 2.24) is 4.90 Å². The quantitative estimate of drug-likeness (QED) is 0.923. The lowest BCUT2D eigenvalue weighted by atomic mass is 9.93. The Kier molecular flexibility index (Phi) is 3.83. The Bertz CT molecular complexity index is 924. The SMILES string of the molecule is Cc1cc(-c2c(C)cccc2C(=O)N2C[C@H]3C[C@H]3[C@H]2C(N)=O)ccc1F. The van der Waals surface area contributed by atoms with Crippen LogP contribution in [0.25, 0.3) is 11.1 Å². The Morgan fingerprint density at radius 2 is 1.92 bits per heavy atom. The molecule has 1 heterocycles. The van der Waals surface area contributed by atoms with Crippen molar-refractivity contribution < 1.29 is 14.0 Å². The zero-order chi connectivity index (χ0) is 18.6. The predicted molar refractivity (Wildman–Crippen MR) is 96.9 cm³/mol. The van der Waals surface area contributed by atoms with Crippen LogP contribution in [0.4, 0.5) is 4.39 Å². The number of carbonyl (C=O) groups is 2. The Morgan fingerprint density at radius 3 is 2.62 bits per heavy atom. The number of halogens is 1. The van der Waals surface area contributed by atoms with Crippen LogP contribution in [0.5, 0.6) is 0 Å². The van der Waals surface area contributed by atoms with Crippen molar-refractivity contribution in [2.75, 3.05) is 6.54 Å². The summed E-state index contributed by atoms with van der Waals surface area (Å²) in [6.45, 7) is 4.21. The van der Waals surface area contributed by atoms with E-state index in [-0.39, 0.29) is 17.6 Å². The number of hydrogen-bond donors (Lipinski definition) is 1. The molecule has 2 amide bonds. The molecular weight excluding hydrogens is 331 g/mol. The fraction of sp³-hybridized carbons (Fsp3) is 0.333. The van der Waals surface area contributed by atoms with Gasteiger partial charge >= 0.3 is 0 Å². The fourth-order valence-electron chi connectivity index (χ4n) is 4.22. The number of amides is 2. The van der Waals surface area contributed by atoms with Gasteiger partial charge in [-0.15, -0.1) is 0 Å². The summed E-state index contributed by atoms with van der Waals surface area (Å²) in [6.07, 6.45) is 0.967. The van der Waals surface area contributed by atoms with E-state index in [2.05, 4.69) is 0 Å². The lowest BCUT2D eigenvalue weighted by molar-refractivity contribution is -0.122. The second kappa shape index (κ2) is 5.94. The van der Waals surface area contributed by atoms with Crippen LogP contribution in [0.3, 0.4) is 0 Å². The van der Waals surface area contributed by atoms with Gasteiger partial charge in [0.2, 0.25) is 5.91 Å². The summed E-state index contributed by atoms with van der Waals surface area (Å²) in [5.41, 5.74) is 9.13. The monoisotopic (exact) mass is 352 g/mol. The summed E-state index contributed by atoms with van der Waals surface area (Å²) < 4.78 is 13.7. The molecule has 5 heteroatoms. The van der Waals surface area contributed by atoms with Gasteiger partial charge in [0.25, 0.3) is 5.91 Å². The Morgan fingerprint density at radius 1 is 1.15 bits per heavy atom. The van der Waals surface area contributed by atoms with Crippen molar-refractivity contribution in [2.45, 2.75) is 26.3 Å². The summed E-state index contributed by atoms with van der Waals surface area (Å²) in [5, 5.41) is 0. The second-order valence-corrected chi connectivity index (χ2v) is 7.43. The van der Waals surface area contributed by atoms with Gasteiger partial charge in [-0.05, 0) is 72.6 Å². The van der Waals surface area contributed by atoms with E-state index < -0.39 is 11.9 Å². The van der Waals surface area contributed by atoms with Crippen molar-refractivity contribution in [3.63, 3.8) is 0 Å². The molecule has 26 heavy (non-hydrogen) atoms. The Hall–Kier alpha value is -2.69. The highest BCUT2D eigenvalue weighted by atomic mass is 19.1. The van der Waals surface area contributed by atoms with Crippen molar-refractivity contribution in [3.8, 4) is 11.1 Å². The molecule has 1 aliphatic carbocycles. The third kappa shape index (κ3) is 2.59. The van der Waals surface area contributed by atoms with E-state index in [1.165, 1.54) is 6.07 Å². The van der Waals surface area contributed by atoms with E-state index in [1.54, 1.807) is 30.0 Å². The molecule has 0 radical (unpaired) electrons. The highest BCUT2D eigenvalue weighted by molar-refractivity contribution is 6.04. The van der Waals surface area contributed by atoms with Crippen LogP contribution < -0.4 is 5.73 Å². The first-order chi connectivity index (χ1) is 12.4. The number of likely N-dealkylation sites (tertiary alicyclic amines) is 1. The molecule has 0 spiro atoms. The highest BCUT2D eigenvalue weighted by Gasteiger charge is 2.56. The highest BCUT2D eigenvalue weighted by Crippen LogP contribution is 2.50. The van der Waals surface area contributed by atoms with Crippen molar-refractivity contribution in [1.29, 1.82) is 0 Å². The van der Waals surface area contributed by atoms with Gasteiger partial charge in [-0.25, -0.2) is 4.39 Å². The first-order valence-corrected chi connectivity index (χ1v) is 8.85. The van der Waals surface area contributed by atoms with Gasteiger partial charge in [-0.2, -0.15) is 0 Å². The van der Waals surface area contributed by atoms with E-state index in [0.717, 1.165) is 23.1 Å². The molecule has 2 fully saturated rings. The average Bonchev–Trinajstić information content (AvgIpc) is 3.25. The maximum absolute atomic E-state index is 13.7. The number of carbonyl (C=O) groups excluding carboxylic acids is 2. The van der Waals surface area contributed by atoms with Crippen LogP contribution in [0.2, 0.25) is 0 Å². The summed E-state index contributed by atoms with van der Waals surface area (Å²) in [6, 6.07) is 9.87. The minimum absolute atomic E-state index is 0.179. The molecule has 0 aromatic heterocycles. The molecule has 4 rings (SSSR count). The van der Waals surface area contributed by atoms with E-state index in [1.807, 2.05) is 19.1 Å². The number of nitrogens with zero attached hydrogens (tertiary/aromatic N) is 1. The number of fused-ring (bicyclic) bond motifs is 1. The molecular formula is C21H21FN2O2. The van der Waals surface area contributed by atoms with Crippen LogP contribution in [0.1, 0.15) is 27.9 Å². The van der Waals surface area contributed by atoms with Gasteiger partial charge in [0.1, 0.15) is 11.9 Å². The van der Waals surface area contributed by atoms with E-state index >= 15 is 0 Å². The minimum atomic E-state index is -0.518. The van der Waals surface area contributed by atoms with Gasteiger partial charge in [0.05, 0.1) is 0 Å². The van der Waals surface area contributed by atoms with Gasteiger partial charge < -0.3 is 10.6 Å². The molecule has 2 N–H and O–H groups in total. The number of primary amides is 1.